The van der Waals surface area contributed by atoms with E-state index in [1.165, 1.54) is 18.2 Å². The predicted molar refractivity (Wildman–Crippen MR) is 286 cm³/mol. The lowest BCUT2D eigenvalue weighted by Crippen LogP contribution is -2.13. The van der Waals surface area contributed by atoms with E-state index in [9.17, 15) is 39.5 Å². The van der Waals surface area contributed by atoms with Gasteiger partial charge in [-0.3, -0.25) is 0 Å². The van der Waals surface area contributed by atoms with Crippen LogP contribution in [0.2, 0.25) is 0 Å². The first-order chi connectivity index (χ1) is 36.4. The Morgan fingerprint density at radius 3 is 0.831 bits per heavy atom. The van der Waals surface area contributed by atoms with E-state index in [0.717, 1.165) is 69.8 Å². The zero-order valence-electron chi connectivity index (χ0n) is 44.0. The summed E-state index contributed by atoms with van der Waals surface area (Å²) in [7, 11) is 0.266. The average molecular weight is 1090 g/mol. The molecule has 0 aliphatic heterocycles. The first-order valence-electron chi connectivity index (χ1n) is 25.5. The number of fused-ring (bicyclic) bond motifs is 3. The zero-order chi connectivity index (χ0) is 55.7. The van der Waals surface area contributed by atoms with Gasteiger partial charge in [0, 0.05) is 87.6 Å². The number of hydrogen-bond acceptors (Lipinski definition) is 4. The normalized spacial score (nSPS) is 12.6. The molecule has 7 nitrogen and oxygen atoms in total. The van der Waals surface area contributed by atoms with Gasteiger partial charge in [-0.25, -0.2) is 0 Å². The molecule has 0 atom stereocenters. The van der Waals surface area contributed by atoms with Crippen molar-refractivity contribution in [1.29, 1.82) is 0 Å². The molecule has 0 bridgehead atoms. The monoisotopic (exact) mass is 1090 g/mol. The summed E-state index contributed by atoms with van der Waals surface area (Å²) in [5, 5.41) is 1.84. The molecule has 0 amide bonds. The third-order valence-electron chi connectivity index (χ3n) is 14.9. The summed E-state index contributed by atoms with van der Waals surface area (Å²) in [4.78, 5) is 0. The molecular weight excluding hydrogens is 1030 g/mol. The molecule has 404 valence electrons. The van der Waals surface area contributed by atoms with E-state index in [1.54, 1.807) is 71.2 Å². The Morgan fingerprint density at radius 2 is 0.610 bits per heavy atom. The van der Waals surface area contributed by atoms with Gasteiger partial charge in [-0.2, -0.15) is 44.1 Å². The van der Waals surface area contributed by atoms with Crippen LogP contribution in [-0.4, -0.2) is 13.7 Å². The molecule has 9 rings (SSSR count). The van der Waals surface area contributed by atoms with E-state index in [0.29, 0.717) is 105 Å². The summed E-state index contributed by atoms with van der Waals surface area (Å²) in [5.74, 6) is 0.563. The van der Waals surface area contributed by atoms with Crippen molar-refractivity contribution in [3.63, 3.8) is 0 Å². The van der Waals surface area contributed by atoms with Crippen molar-refractivity contribution in [3.05, 3.63) is 159 Å². The van der Waals surface area contributed by atoms with Gasteiger partial charge < -0.3 is 27.3 Å². The van der Waals surface area contributed by atoms with Crippen LogP contribution in [0.4, 0.5) is 39.5 Å². The maximum atomic E-state index is 16.1. The van der Waals surface area contributed by atoms with E-state index in [-0.39, 0.29) is 17.2 Å². The standard InChI is InChI=1S/C60H57F9N3O4P/c1-10-40-43(13-4)55(25-22-46(40)52-28-34-16-19-37(58(61,62)63)31-49(34)70(52)7)74-77(73,75-56-26-23-47(41(11-2)44(56)14-5)53-29-35-17-20-38(59(64,65)66)32-50(35)71(53)8)76-57-27-24-48(42(12-3)45(57)15-6)54-30-36-18-21-39(60(67,68)69)33-51(36)72(54)9/h16-33H,10-15H2,1-9H3. The Morgan fingerprint density at radius 1 is 0.364 bits per heavy atom. The van der Waals surface area contributed by atoms with Crippen LogP contribution in [0, 0.1) is 0 Å². The molecule has 0 spiro atoms. The quantitative estimate of drug-likeness (QED) is 0.0758. The van der Waals surface area contributed by atoms with E-state index < -0.39 is 43.0 Å². The summed E-state index contributed by atoms with van der Waals surface area (Å²) in [6.45, 7) is 11.6. The molecule has 9 aromatic rings. The lowest BCUT2D eigenvalue weighted by atomic mass is 9.94. The van der Waals surface area contributed by atoms with Crippen LogP contribution in [0.25, 0.3) is 66.5 Å². The first kappa shape index (κ1) is 54.7. The highest BCUT2D eigenvalue weighted by atomic mass is 31.2. The van der Waals surface area contributed by atoms with Crippen molar-refractivity contribution in [2.75, 3.05) is 0 Å². The van der Waals surface area contributed by atoms with Crippen LogP contribution in [0.15, 0.2) is 109 Å². The van der Waals surface area contributed by atoms with Crippen LogP contribution in [0.1, 0.15) is 91.6 Å². The van der Waals surface area contributed by atoms with Crippen molar-refractivity contribution in [2.45, 2.75) is 98.6 Å². The van der Waals surface area contributed by atoms with Crippen molar-refractivity contribution in [3.8, 4) is 51.0 Å². The van der Waals surface area contributed by atoms with Crippen LogP contribution >= 0.6 is 7.82 Å². The van der Waals surface area contributed by atoms with Gasteiger partial charge in [0.1, 0.15) is 17.2 Å². The number of rotatable bonds is 15. The number of hydrogen-bond donors (Lipinski definition) is 0. The first-order valence-corrected chi connectivity index (χ1v) is 27.0. The number of phosphoric acid groups is 1. The highest BCUT2D eigenvalue weighted by molar-refractivity contribution is 7.49. The molecule has 0 N–H and O–H groups in total. The lowest BCUT2D eigenvalue weighted by molar-refractivity contribution is -0.138. The number of benzene rings is 6. The summed E-state index contributed by atoms with van der Waals surface area (Å²) in [6, 6.07) is 26.7. The van der Waals surface area contributed by atoms with Gasteiger partial charge in [-0.15, -0.1) is 0 Å². The van der Waals surface area contributed by atoms with E-state index in [1.807, 2.05) is 59.7 Å². The molecule has 77 heavy (non-hydrogen) atoms. The number of halogens is 9. The maximum Gasteiger partial charge on any atom is 0.647 e. The number of alkyl halides is 9. The average Bonchev–Trinajstić information content (AvgIpc) is 4.03. The summed E-state index contributed by atoms with van der Waals surface area (Å²) >= 11 is 0. The maximum absolute atomic E-state index is 16.1. The molecule has 0 aliphatic rings. The van der Waals surface area contributed by atoms with Crippen LogP contribution in [0.5, 0.6) is 17.2 Å². The summed E-state index contributed by atoms with van der Waals surface area (Å²) in [6.07, 6.45) is -11.1. The van der Waals surface area contributed by atoms with Gasteiger partial charge in [0.15, 0.2) is 0 Å². The molecule has 3 aromatic heterocycles. The minimum atomic E-state index is -4.86. The van der Waals surface area contributed by atoms with Crippen molar-refractivity contribution >= 4 is 40.5 Å². The number of aromatic nitrogens is 3. The Balaban J connectivity index is 1.18. The number of aryl methyl sites for hydroxylation is 3. The third kappa shape index (κ3) is 9.98. The van der Waals surface area contributed by atoms with E-state index >= 15 is 4.57 Å². The van der Waals surface area contributed by atoms with Gasteiger partial charge in [-0.05, 0) is 163 Å². The Labute approximate surface area is 440 Å². The minimum Gasteiger partial charge on any atom is -0.386 e. The summed E-state index contributed by atoms with van der Waals surface area (Å²) in [5.41, 5.74) is 7.42. The van der Waals surface area contributed by atoms with Crippen molar-refractivity contribution < 1.29 is 57.7 Å². The molecule has 0 unspecified atom stereocenters. The second-order valence-corrected chi connectivity index (χ2v) is 20.6. The second-order valence-electron chi connectivity index (χ2n) is 19.1. The number of nitrogens with zero attached hydrogens (tertiary/aromatic N) is 3. The van der Waals surface area contributed by atoms with Crippen molar-refractivity contribution in [1.82, 2.24) is 13.7 Å². The minimum absolute atomic E-state index is 0.188. The van der Waals surface area contributed by atoms with Crippen molar-refractivity contribution in [2.24, 2.45) is 21.1 Å². The number of phosphoric ester groups is 1. The molecule has 0 fully saturated rings. The largest absolute Gasteiger partial charge is 0.647 e. The van der Waals surface area contributed by atoms with Gasteiger partial charge in [-0.1, -0.05) is 59.7 Å². The second kappa shape index (κ2) is 20.4. The zero-order valence-corrected chi connectivity index (χ0v) is 44.9. The third-order valence-corrected chi connectivity index (χ3v) is 16.1. The molecule has 0 aliphatic carbocycles. The lowest BCUT2D eigenvalue weighted by Gasteiger charge is -2.26. The molecule has 0 saturated carbocycles. The SMILES string of the molecule is CCc1c(OP(=O)(Oc2ccc(-c3cc4ccc(C(F)(F)F)cc4n3C)c(CC)c2CC)Oc2ccc(-c3cc4ccc(C(F)(F)F)cc4n3C)c(CC)c2CC)ccc(-c2cc3ccc(C(F)(F)F)cc3n2C)c1CC. The Bertz CT molecular complexity index is 3410. The van der Waals surface area contributed by atoms with Gasteiger partial charge in [0.2, 0.25) is 0 Å². The Kier molecular flexibility index (Phi) is 14.5. The molecular formula is C60H57F9N3O4P. The van der Waals surface area contributed by atoms with Crippen LogP contribution in [0.3, 0.4) is 0 Å². The summed E-state index contributed by atoms with van der Waals surface area (Å²) < 4.78 is 166. The molecule has 6 aromatic carbocycles. The van der Waals surface area contributed by atoms with Gasteiger partial charge >= 0.3 is 26.4 Å². The van der Waals surface area contributed by atoms with Gasteiger partial charge in [0.05, 0.1) is 16.7 Å². The molecule has 0 saturated heterocycles. The molecule has 0 radical (unpaired) electrons. The predicted octanol–water partition coefficient (Wildman–Crippen LogP) is 18.2. The fourth-order valence-electron chi connectivity index (χ4n) is 11.1. The highest BCUT2D eigenvalue weighted by Gasteiger charge is 2.38. The Hall–Kier alpha value is -7.06. The fourth-order valence-corrected chi connectivity index (χ4v) is 12.4. The topological polar surface area (TPSA) is 59.5 Å². The highest BCUT2D eigenvalue weighted by Crippen LogP contribution is 2.55. The van der Waals surface area contributed by atoms with Crippen LogP contribution in [-0.2, 0) is 82.8 Å². The van der Waals surface area contributed by atoms with E-state index in [2.05, 4.69) is 0 Å². The fraction of sp³-hybridized carbons (Fsp3) is 0.300. The van der Waals surface area contributed by atoms with E-state index in [4.69, 9.17) is 13.6 Å². The molecule has 3 heterocycles. The van der Waals surface area contributed by atoms with Crippen LogP contribution < -0.4 is 13.6 Å². The van der Waals surface area contributed by atoms with Gasteiger partial charge in [0.25, 0.3) is 0 Å². The smallest absolute Gasteiger partial charge is 0.386 e. The molecule has 17 heteroatoms.